The minimum absolute atomic E-state index is 0.0765. The predicted octanol–water partition coefficient (Wildman–Crippen LogP) is 5.32. The monoisotopic (exact) mass is 904 g/mol. The van der Waals surface area contributed by atoms with Crippen LogP contribution < -0.4 is 10.6 Å². The van der Waals surface area contributed by atoms with Crippen molar-refractivity contribution in [2.75, 3.05) is 30.5 Å². The Hall–Kier alpha value is -5.63. The van der Waals surface area contributed by atoms with E-state index in [1.807, 2.05) is 6.07 Å². The zero-order valence-corrected chi connectivity index (χ0v) is 34.6. The first kappa shape index (κ1) is 41.7. The van der Waals surface area contributed by atoms with Crippen molar-refractivity contribution in [2.45, 2.75) is 55.9 Å². The number of nitrogens with zero attached hydrogens (tertiary/aromatic N) is 9. The van der Waals surface area contributed by atoms with Crippen LogP contribution in [-0.2, 0) is 48.5 Å². The molecule has 2 N–H and O–H groups in total. The van der Waals surface area contributed by atoms with Gasteiger partial charge in [-0.2, -0.15) is 5.26 Å². The van der Waals surface area contributed by atoms with Crippen LogP contribution in [0.2, 0.25) is 0 Å². The van der Waals surface area contributed by atoms with Gasteiger partial charge in [-0.15, -0.1) is 9.05 Å². The van der Waals surface area contributed by atoms with Gasteiger partial charge in [0.15, 0.2) is 46.4 Å². The van der Waals surface area contributed by atoms with E-state index < -0.39 is 76.4 Å². The summed E-state index contributed by atoms with van der Waals surface area (Å²) in [5.74, 6) is -0.596. The van der Waals surface area contributed by atoms with Crippen LogP contribution in [-0.4, -0.2) is 101 Å². The van der Waals surface area contributed by atoms with Gasteiger partial charge in [0.05, 0.1) is 38.4 Å². The molecule has 0 bridgehead atoms. The van der Waals surface area contributed by atoms with Crippen molar-refractivity contribution >= 4 is 72.6 Å². The Morgan fingerprint density at radius 2 is 1.47 bits per heavy atom. The average molecular weight is 905 g/mol. The standard InChI is InChI=1S/C37H32FN11O10P2S/c38-27-30-25(57-37(27)49-20-45-29-32(41-18-43-34(29)49)47-36(51)22-10-5-2-6-11-22)15-53-60(52)58-23-14-26(56-24(23)16-55-61(62,59-30)54-13-7-12-39)48-19-44-28-31(40-17-42-33(28)48)46-35(50)21-8-3-1-4-9-21/h1-6,8-11,17-20,23-27,30,37H,7,13-16H2,(H-,40,41,42,43,46,47,50,51)/p+1. The number of hydrogen-bond acceptors (Lipinski definition) is 18. The number of nitriles is 1. The van der Waals surface area contributed by atoms with Crippen molar-refractivity contribution in [1.82, 2.24) is 39.0 Å². The molecule has 9 atom stereocenters. The van der Waals surface area contributed by atoms with Gasteiger partial charge in [-0.25, -0.2) is 34.3 Å². The molecule has 3 aliphatic heterocycles. The molecule has 0 aliphatic carbocycles. The summed E-state index contributed by atoms with van der Waals surface area (Å²) in [5, 5.41) is 14.7. The third-order valence-electron chi connectivity index (χ3n) is 9.96. The number of halogens is 1. The molecule has 0 radical (unpaired) electrons. The Kier molecular flexibility index (Phi) is 12.1. The van der Waals surface area contributed by atoms with Gasteiger partial charge in [-0.05, 0) is 36.1 Å². The molecule has 318 valence electrons. The van der Waals surface area contributed by atoms with Crippen LogP contribution >= 0.6 is 15.0 Å². The number of benzene rings is 2. The highest BCUT2D eigenvalue weighted by molar-refractivity contribution is 8.07. The van der Waals surface area contributed by atoms with E-state index in [1.165, 1.54) is 29.9 Å². The molecule has 62 heavy (non-hydrogen) atoms. The summed E-state index contributed by atoms with van der Waals surface area (Å²) in [7, 11) is -2.86. The zero-order chi connectivity index (χ0) is 42.8. The lowest BCUT2D eigenvalue weighted by atomic mass is 10.1. The number of fused-ring (bicyclic) bond motifs is 4. The molecule has 9 unspecified atom stereocenters. The van der Waals surface area contributed by atoms with E-state index in [-0.39, 0.29) is 54.4 Å². The zero-order valence-electron chi connectivity index (χ0n) is 31.9. The predicted molar refractivity (Wildman–Crippen MR) is 216 cm³/mol. The number of nitrogens with one attached hydrogen (secondary N) is 2. The summed E-state index contributed by atoms with van der Waals surface area (Å²) in [6.07, 6.45) is -3.70. The van der Waals surface area contributed by atoms with Gasteiger partial charge in [-0.3, -0.25) is 23.2 Å². The molecule has 3 saturated heterocycles. The van der Waals surface area contributed by atoms with E-state index in [0.29, 0.717) is 16.8 Å². The quantitative estimate of drug-likeness (QED) is 0.137. The maximum absolute atomic E-state index is 16.8. The minimum Gasteiger partial charge on any atom is -0.349 e. The largest absolute Gasteiger partial charge is 0.697 e. The van der Waals surface area contributed by atoms with Crippen molar-refractivity contribution in [3.63, 3.8) is 0 Å². The van der Waals surface area contributed by atoms with E-state index in [9.17, 15) is 19.4 Å². The number of carbonyl (C=O) groups excluding carboxylic acids is 2. The first-order chi connectivity index (χ1) is 30.2. The van der Waals surface area contributed by atoms with Crippen LogP contribution in [0, 0.1) is 11.3 Å². The van der Waals surface area contributed by atoms with Crippen LogP contribution in [0.3, 0.4) is 0 Å². The number of hydrogen-bond donors (Lipinski definition) is 2. The lowest BCUT2D eigenvalue weighted by molar-refractivity contribution is -0.0569. The highest BCUT2D eigenvalue weighted by Gasteiger charge is 2.53. The maximum atomic E-state index is 16.8. The molecular weight excluding hydrogens is 871 g/mol. The van der Waals surface area contributed by atoms with Crippen molar-refractivity contribution in [3.05, 3.63) is 97.1 Å². The van der Waals surface area contributed by atoms with E-state index in [4.69, 9.17) is 43.9 Å². The van der Waals surface area contributed by atoms with E-state index >= 15 is 4.39 Å². The molecule has 7 heterocycles. The Balaban J connectivity index is 0.944. The third-order valence-corrected chi connectivity index (χ3v) is 13.1. The van der Waals surface area contributed by atoms with Crippen LogP contribution in [0.25, 0.3) is 22.3 Å². The fourth-order valence-corrected chi connectivity index (χ4v) is 9.89. The average Bonchev–Trinajstić information content (AvgIpc) is 4.08. The number of anilines is 2. The van der Waals surface area contributed by atoms with Crippen molar-refractivity contribution in [1.29, 1.82) is 5.26 Å². The number of rotatable bonds is 9. The van der Waals surface area contributed by atoms with E-state index in [1.54, 1.807) is 65.2 Å². The number of imidazole rings is 2. The molecule has 25 heteroatoms. The number of amides is 2. The first-order valence-electron chi connectivity index (χ1n) is 18.9. The van der Waals surface area contributed by atoms with Crippen LogP contribution in [0.15, 0.2) is 86.0 Å². The fourth-order valence-electron chi connectivity index (χ4n) is 7.02. The maximum Gasteiger partial charge on any atom is 0.697 e. The topological polar surface area (TPSA) is 251 Å². The van der Waals surface area contributed by atoms with Crippen molar-refractivity contribution in [3.8, 4) is 6.07 Å². The Bertz CT molecular complexity index is 2730. The highest BCUT2D eigenvalue weighted by Crippen LogP contribution is 2.55. The van der Waals surface area contributed by atoms with Crippen LogP contribution in [0.4, 0.5) is 16.0 Å². The molecule has 4 aromatic heterocycles. The molecule has 2 amide bonds. The number of aromatic nitrogens is 8. The summed E-state index contributed by atoms with van der Waals surface area (Å²) in [6, 6.07) is 19.0. The molecule has 2 aromatic carbocycles. The summed E-state index contributed by atoms with van der Waals surface area (Å²) in [4.78, 5) is 51.6. The normalized spacial score (nSPS) is 27.1. The molecule has 9 rings (SSSR count). The summed E-state index contributed by atoms with van der Waals surface area (Å²) < 4.78 is 75.3. The number of carbonyl (C=O) groups is 2. The fraction of sp³-hybridized carbons (Fsp3) is 0.324. The number of ether oxygens (including phenoxy) is 2. The van der Waals surface area contributed by atoms with Crippen molar-refractivity contribution in [2.24, 2.45) is 0 Å². The van der Waals surface area contributed by atoms with Gasteiger partial charge in [-0.1, -0.05) is 36.4 Å². The minimum atomic E-state index is -3.92. The van der Waals surface area contributed by atoms with E-state index in [0.717, 1.165) is 0 Å². The second kappa shape index (κ2) is 18.0. The lowest BCUT2D eigenvalue weighted by Crippen LogP contribution is -2.35. The second-order valence-corrected chi connectivity index (χ2v) is 17.7. The Labute approximate surface area is 356 Å². The lowest BCUT2D eigenvalue weighted by Gasteiger charge is -2.28. The molecule has 0 spiro atoms. The van der Waals surface area contributed by atoms with Gasteiger partial charge < -0.3 is 29.2 Å². The summed E-state index contributed by atoms with van der Waals surface area (Å²) in [6.45, 7) is -4.95. The Morgan fingerprint density at radius 1 is 0.855 bits per heavy atom. The summed E-state index contributed by atoms with van der Waals surface area (Å²) in [5.41, 5.74) is 1.67. The first-order valence-corrected chi connectivity index (χ1v) is 22.6. The van der Waals surface area contributed by atoms with Gasteiger partial charge in [0, 0.05) is 22.1 Å². The molecule has 3 fully saturated rings. The SMILES string of the molecule is N#CCCOP1(=S)OCC2OC(n3cnc4c(NC(=O)c5ccccc5)ncnc43)CC2O[P+](=O)OCC2OC(n3cnc4c(NC(=O)c5ccccc5)ncnc43)C(F)C2O1. The Morgan fingerprint density at radius 3 is 2.10 bits per heavy atom. The van der Waals surface area contributed by atoms with Crippen LogP contribution in [0.5, 0.6) is 0 Å². The second-order valence-electron chi connectivity index (χ2n) is 13.8. The third kappa shape index (κ3) is 8.58. The van der Waals surface area contributed by atoms with Crippen molar-refractivity contribution < 1.29 is 50.6 Å². The van der Waals surface area contributed by atoms with Crippen LogP contribution in [0.1, 0.15) is 46.0 Å². The highest BCUT2D eigenvalue weighted by atomic mass is 32.5. The smallest absolute Gasteiger partial charge is 0.349 e. The molecule has 3 aliphatic rings. The molecule has 21 nitrogen and oxygen atoms in total. The number of alkyl halides is 1. The van der Waals surface area contributed by atoms with Gasteiger partial charge >= 0.3 is 15.0 Å². The van der Waals surface area contributed by atoms with Gasteiger partial charge in [0.25, 0.3) is 11.8 Å². The molecule has 6 aromatic rings. The molecular formula is C37H33FN11O10P2S+. The van der Waals surface area contributed by atoms with Gasteiger partial charge in [0.1, 0.15) is 49.9 Å². The summed E-state index contributed by atoms with van der Waals surface area (Å²) >= 11 is 5.80. The molecule has 0 saturated carbocycles. The van der Waals surface area contributed by atoms with E-state index in [2.05, 4.69) is 40.5 Å². The van der Waals surface area contributed by atoms with Gasteiger partial charge in [0.2, 0.25) is 0 Å².